The van der Waals surface area contributed by atoms with Gasteiger partial charge in [-0.1, -0.05) is 38.1 Å². The van der Waals surface area contributed by atoms with Crippen LogP contribution >= 0.6 is 0 Å². The molecule has 0 spiro atoms. The van der Waals surface area contributed by atoms with E-state index in [1.807, 2.05) is 11.9 Å². The summed E-state index contributed by atoms with van der Waals surface area (Å²) >= 11 is 0. The minimum Gasteiger partial charge on any atom is -0.369 e. The number of fused-ring (bicyclic) bond motifs is 5. The molecule has 1 unspecified atom stereocenters. The van der Waals surface area contributed by atoms with Gasteiger partial charge < -0.3 is 10.6 Å². The average molecular weight is 489 g/mol. The maximum Gasteiger partial charge on any atom is 0.416 e. The van der Waals surface area contributed by atoms with E-state index >= 15 is 0 Å². The first-order chi connectivity index (χ1) is 16.4. The molecule has 7 heteroatoms. The SMILES string of the molecule is CN1C(=O)C=C[C@]2(C)[C@H]3CC[C@]4(C)[C@@H](C(C(N)=O)c5cccc(C(F)(F)F)c5)CC[C@H]4[C@@H]3CC[C@@H]12. The van der Waals surface area contributed by atoms with Crippen molar-refractivity contribution < 1.29 is 22.8 Å². The van der Waals surface area contributed by atoms with Crippen molar-refractivity contribution in [2.45, 2.75) is 70.5 Å². The number of hydrogen-bond donors (Lipinski definition) is 1. The molecule has 35 heavy (non-hydrogen) atoms. The Morgan fingerprint density at radius 1 is 1.11 bits per heavy atom. The molecule has 3 aliphatic carbocycles. The number of rotatable bonds is 3. The molecule has 4 nitrogen and oxygen atoms in total. The van der Waals surface area contributed by atoms with Gasteiger partial charge in [0.25, 0.3) is 0 Å². The lowest BCUT2D eigenvalue weighted by molar-refractivity contribution is -0.140. The zero-order valence-corrected chi connectivity index (χ0v) is 20.6. The van der Waals surface area contributed by atoms with Crippen molar-refractivity contribution in [3.63, 3.8) is 0 Å². The maximum absolute atomic E-state index is 13.4. The third-order valence-corrected chi connectivity index (χ3v) is 10.5. The summed E-state index contributed by atoms with van der Waals surface area (Å²) in [6.07, 6.45) is 5.05. The predicted molar refractivity (Wildman–Crippen MR) is 127 cm³/mol. The number of halogens is 3. The van der Waals surface area contributed by atoms with Gasteiger partial charge in [-0.3, -0.25) is 9.59 Å². The van der Waals surface area contributed by atoms with Crippen molar-refractivity contribution in [1.82, 2.24) is 4.90 Å². The summed E-state index contributed by atoms with van der Waals surface area (Å²) in [4.78, 5) is 27.0. The summed E-state index contributed by atoms with van der Waals surface area (Å²) in [5.41, 5.74) is 5.31. The Hall–Kier alpha value is -2.31. The summed E-state index contributed by atoms with van der Waals surface area (Å²) < 4.78 is 40.2. The number of benzene rings is 1. The molecule has 1 heterocycles. The molecular formula is C28H35F3N2O2. The zero-order valence-electron chi connectivity index (χ0n) is 20.6. The normalized spacial score (nSPS) is 39.5. The number of hydrogen-bond acceptors (Lipinski definition) is 2. The fraction of sp³-hybridized carbons (Fsp3) is 0.643. The summed E-state index contributed by atoms with van der Waals surface area (Å²) in [5.74, 6) is 0.0437. The molecule has 190 valence electrons. The number of amides is 2. The van der Waals surface area contributed by atoms with E-state index in [0.29, 0.717) is 23.3 Å². The van der Waals surface area contributed by atoms with E-state index in [4.69, 9.17) is 5.73 Å². The standard InChI is InChI=1S/C28H35F3N2O2/c1-26-13-11-20-18(7-10-22-27(20,2)14-12-23(34)33(22)3)19(26)8-9-21(26)24(25(32)35)16-5-4-6-17(15-16)28(29,30)31/h4-6,12,14-15,18-22,24H,7-11,13H2,1-3H3,(H2,32,35)/t18-,19-,20-,21+,22+,24?,26-,27+/m0/s1. The van der Waals surface area contributed by atoms with E-state index in [-0.39, 0.29) is 28.7 Å². The van der Waals surface area contributed by atoms with Crippen molar-refractivity contribution in [1.29, 1.82) is 0 Å². The Morgan fingerprint density at radius 2 is 1.86 bits per heavy atom. The van der Waals surface area contributed by atoms with Crippen LogP contribution in [0.5, 0.6) is 0 Å². The highest BCUT2D eigenvalue weighted by atomic mass is 19.4. The fourth-order valence-electron chi connectivity index (χ4n) is 8.83. The van der Waals surface area contributed by atoms with Crippen LogP contribution < -0.4 is 5.73 Å². The van der Waals surface area contributed by atoms with Gasteiger partial charge >= 0.3 is 6.18 Å². The van der Waals surface area contributed by atoms with E-state index in [1.54, 1.807) is 12.1 Å². The van der Waals surface area contributed by atoms with Crippen LogP contribution in [0.2, 0.25) is 0 Å². The number of primary amides is 1. The van der Waals surface area contributed by atoms with E-state index < -0.39 is 23.6 Å². The number of likely N-dealkylation sites (N-methyl/N-ethyl adjacent to an activating group) is 1. The highest BCUT2D eigenvalue weighted by molar-refractivity contribution is 5.89. The van der Waals surface area contributed by atoms with Crippen molar-refractivity contribution in [2.24, 2.45) is 40.2 Å². The van der Waals surface area contributed by atoms with Crippen molar-refractivity contribution in [3.8, 4) is 0 Å². The van der Waals surface area contributed by atoms with E-state index in [9.17, 15) is 22.8 Å². The van der Waals surface area contributed by atoms with Crippen LogP contribution in [0.1, 0.15) is 69.4 Å². The quantitative estimate of drug-likeness (QED) is 0.608. The molecule has 2 N–H and O–H groups in total. The van der Waals surface area contributed by atoms with Gasteiger partial charge in [0.1, 0.15) is 0 Å². The molecule has 1 aromatic rings. The van der Waals surface area contributed by atoms with Crippen LogP contribution in [-0.2, 0) is 15.8 Å². The predicted octanol–water partition coefficient (Wildman–Crippen LogP) is 5.53. The lowest BCUT2D eigenvalue weighted by Crippen LogP contribution is -2.59. The monoisotopic (exact) mass is 488 g/mol. The Bertz CT molecular complexity index is 1070. The molecule has 3 fully saturated rings. The Balaban J connectivity index is 1.47. The Labute approximate surface area is 205 Å². The van der Waals surface area contributed by atoms with Gasteiger partial charge in [0, 0.05) is 18.5 Å². The second-order valence-corrected chi connectivity index (χ2v) is 11.9. The van der Waals surface area contributed by atoms with Crippen LogP contribution in [0.4, 0.5) is 13.2 Å². The third kappa shape index (κ3) is 3.63. The van der Waals surface area contributed by atoms with Crippen LogP contribution in [-0.4, -0.2) is 29.8 Å². The van der Waals surface area contributed by atoms with Crippen molar-refractivity contribution in [3.05, 3.63) is 47.5 Å². The van der Waals surface area contributed by atoms with E-state index in [1.165, 1.54) is 6.07 Å². The van der Waals surface area contributed by atoms with Gasteiger partial charge in [0.2, 0.25) is 11.8 Å². The van der Waals surface area contributed by atoms with E-state index in [2.05, 4.69) is 19.9 Å². The molecule has 8 atom stereocenters. The largest absolute Gasteiger partial charge is 0.416 e. The van der Waals surface area contributed by atoms with Gasteiger partial charge in [-0.05, 0) is 85.3 Å². The number of carbonyl (C=O) groups excluding carboxylic acids is 2. The van der Waals surface area contributed by atoms with Crippen LogP contribution in [0, 0.1) is 34.5 Å². The van der Waals surface area contributed by atoms with Crippen LogP contribution in [0.15, 0.2) is 36.4 Å². The molecule has 0 bridgehead atoms. The van der Waals surface area contributed by atoms with Gasteiger partial charge in [0.15, 0.2) is 0 Å². The highest BCUT2D eigenvalue weighted by Gasteiger charge is 2.61. The summed E-state index contributed by atoms with van der Waals surface area (Å²) in [5, 5.41) is 0. The topological polar surface area (TPSA) is 63.4 Å². The zero-order chi connectivity index (χ0) is 25.3. The molecule has 5 rings (SSSR count). The minimum absolute atomic E-state index is 0.0675. The minimum atomic E-state index is -4.46. The van der Waals surface area contributed by atoms with Gasteiger partial charge in [0.05, 0.1) is 11.5 Å². The summed E-state index contributed by atoms with van der Waals surface area (Å²) in [6.45, 7) is 4.54. The number of nitrogens with zero attached hydrogens (tertiary/aromatic N) is 1. The lowest BCUT2D eigenvalue weighted by Gasteiger charge is -2.60. The number of nitrogens with two attached hydrogens (primary N) is 1. The number of carbonyl (C=O) groups is 2. The molecule has 0 aromatic heterocycles. The molecule has 1 aromatic carbocycles. The first-order valence-electron chi connectivity index (χ1n) is 12.8. The molecule has 1 aliphatic heterocycles. The molecule has 0 saturated heterocycles. The van der Waals surface area contributed by atoms with Crippen LogP contribution in [0.25, 0.3) is 0 Å². The lowest BCUT2D eigenvalue weighted by atomic mass is 9.47. The first kappa shape index (κ1) is 24.4. The van der Waals surface area contributed by atoms with E-state index in [0.717, 1.165) is 50.7 Å². The third-order valence-electron chi connectivity index (χ3n) is 10.5. The summed E-state index contributed by atoms with van der Waals surface area (Å²) in [6, 6.07) is 5.37. The molecule has 4 aliphatic rings. The fourth-order valence-corrected chi connectivity index (χ4v) is 8.83. The number of alkyl halides is 3. The second-order valence-electron chi connectivity index (χ2n) is 11.9. The highest BCUT2D eigenvalue weighted by Crippen LogP contribution is 2.67. The van der Waals surface area contributed by atoms with Gasteiger partial charge in [-0.25, -0.2) is 0 Å². The Kier molecular flexibility index (Phi) is 5.65. The van der Waals surface area contributed by atoms with Crippen molar-refractivity contribution >= 4 is 11.8 Å². The summed E-state index contributed by atoms with van der Waals surface area (Å²) in [7, 11) is 1.90. The molecular weight excluding hydrogens is 453 g/mol. The Morgan fingerprint density at radius 3 is 2.54 bits per heavy atom. The first-order valence-corrected chi connectivity index (χ1v) is 12.8. The molecule has 0 radical (unpaired) electrons. The second kappa shape index (κ2) is 8.10. The maximum atomic E-state index is 13.4. The van der Waals surface area contributed by atoms with Gasteiger partial charge in [-0.15, -0.1) is 0 Å². The van der Waals surface area contributed by atoms with Gasteiger partial charge in [-0.2, -0.15) is 13.2 Å². The molecule has 3 saturated carbocycles. The van der Waals surface area contributed by atoms with Crippen LogP contribution in [0.3, 0.4) is 0 Å². The molecule has 2 amide bonds. The smallest absolute Gasteiger partial charge is 0.369 e. The average Bonchev–Trinajstić information content (AvgIpc) is 3.13. The van der Waals surface area contributed by atoms with Crippen molar-refractivity contribution in [2.75, 3.05) is 7.05 Å².